The average molecular weight is 390 g/mol. The molecule has 26 heavy (non-hydrogen) atoms. The van der Waals surface area contributed by atoms with Gasteiger partial charge in [-0.3, -0.25) is 4.98 Å². The van der Waals surface area contributed by atoms with Gasteiger partial charge in [0.25, 0.3) is 0 Å². The third-order valence-corrected chi connectivity index (χ3v) is 5.12. The van der Waals surface area contributed by atoms with Crippen molar-refractivity contribution in [2.45, 2.75) is 21.0 Å². The topological polar surface area (TPSA) is 25.8 Å². The molecule has 7 heteroatoms. The SMILES string of the molecule is C=CSc1ccc(-c2nccnc2Sc2ccc(C(F)(F)F)cc2)cc1. The Kier molecular flexibility index (Phi) is 5.68. The molecule has 0 amide bonds. The highest BCUT2D eigenvalue weighted by Gasteiger charge is 2.30. The smallest absolute Gasteiger partial charge is 0.252 e. The summed E-state index contributed by atoms with van der Waals surface area (Å²) in [6.07, 6.45) is -1.18. The minimum atomic E-state index is -4.34. The Hall–Kier alpha value is -2.25. The summed E-state index contributed by atoms with van der Waals surface area (Å²) >= 11 is 2.80. The normalized spacial score (nSPS) is 11.3. The zero-order valence-electron chi connectivity index (χ0n) is 13.4. The summed E-state index contributed by atoms with van der Waals surface area (Å²) in [4.78, 5) is 10.4. The molecule has 0 bridgehead atoms. The second-order valence-corrected chi connectivity index (χ2v) is 7.25. The van der Waals surface area contributed by atoms with Crippen molar-refractivity contribution in [1.82, 2.24) is 9.97 Å². The van der Waals surface area contributed by atoms with Gasteiger partial charge in [-0.15, -0.1) is 0 Å². The highest BCUT2D eigenvalue weighted by molar-refractivity contribution is 8.02. The van der Waals surface area contributed by atoms with E-state index in [0.717, 1.165) is 22.6 Å². The van der Waals surface area contributed by atoms with Crippen LogP contribution in [-0.2, 0) is 6.18 Å². The predicted molar refractivity (Wildman–Crippen MR) is 99.1 cm³/mol. The molecule has 2 aromatic carbocycles. The lowest BCUT2D eigenvalue weighted by Gasteiger charge is -2.09. The van der Waals surface area contributed by atoms with E-state index < -0.39 is 11.7 Å². The second kappa shape index (κ2) is 7.97. The van der Waals surface area contributed by atoms with Crippen LogP contribution in [0.3, 0.4) is 0 Å². The van der Waals surface area contributed by atoms with Crippen molar-refractivity contribution in [3.05, 3.63) is 78.5 Å². The van der Waals surface area contributed by atoms with Crippen molar-refractivity contribution in [1.29, 1.82) is 0 Å². The second-order valence-electron chi connectivity index (χ2n) is 5.14. The fourth-order valence-electron chi connectivity index (χ4n) is 2.21. The van der Waals surface area contributed by atoms with Gasteiger partial charge in [0.15, 0.2) is 0 Å². The van der Waals surface area contributed by atoms with Crippen LogP contribution in [0.25, 0.3) is 11.3 Å². The van der Waals surface area contributed by atoms with Crippen LogP contribution in [0.4, 0.5) is 13.2 Å². The lowest BCUT2D eigenvalue weighted by atomic mass is 10.2. The summed E-state index contributed by atoms with van der Waals surface area (Å²) in [6, 6.07) is 12.8. The number of aromatic nitrogens is 2. The summed E-state index contributed by atoms with van der Waals surface area (Å²) in [6.45, 7) is 3.69. The van der Waals surface area contributed by atoms with E-state index in [-0.39, 0.29) is 0 Å². The molecule has 0 spiro atoms. The molecule has 1 aromatic heterocycles. The van der Waals surface area contributed by atoms with Gasteiger partial charge in [0.1, 0.15) is 10.7 Å². The van der Waals surface area contributed by atoms with E-state index in [1.54, 1.807) is 17.8 Å². The lowest BCUT2D eigenvalue weighted by molar-refractivity contribution is -0.137. The number of thioether (sulfide) groups is 1. The van der Waals surface area contributed by atoms with Crippen LogP contribution in [0.15, 0.2) is 87.7 Å². The maximum atomic E-state index is 12.7. The van der Waals surface area contributed by atoms with Crippen LogP contribution in [-0.4, -0.2) is 9.97 Å². The highest BCUT2D eigenvalue weighted by Crippen LogP contribution is 2.35. The molecule has 132 valence electrons. The monoisotopic (exact) mass is 390 g/mol. The van der Waals surface area contributed by atoms with Crippen molar-refractivity contribution in [3.8, 4) is 11.3 Å². The van der Waals surface area contributed by atoms with Crippen molar-refractivity contribution >= 4 is 23.5 Å². The zero-order valence-corrected chi connectivity index (χ0v) is 15.0. The first-order chi connectivity index (χ1) is 12.5. The molecule has 0 aliphatic rings. The van der Waals surface area contributed by atoms with Gasteiger partial charge in [-0.25, -0.2) is 4.98 Å². The maximum absolute atomic E-state index is 12.7. The summed E-state index contributed by atoms with van der Waals surface area (Å²) in [5, 5.41) is 2.39. The fraction of sp³-hybridized carbons (Fsp3) is 0.0526. The van der Waals surface area contributed by atoms with Gasteiger partial charge in [-0.1, -0.05) is 42.2 Å². The molecule has 0 saturated carbocycles. The van der Waals surface area contributed by atoms with Gasteiger partial charge >= 0.3 is 6.18 Å². The Bertz CT molecular complexity index is 892. The van der Waals surface area contributed by atoms with Crippen LogP contribution >= 0.6 is 23.5 Å². The molecule has 0 unspecified atom stereocenters. The Morgan fingerprint density at radius 2 is 1.46 bits per heavy atom. The summed E-state index contributed by atoms with van der Waals surface area (Å²) in [5.74, 6) is 0. The van der Waals surface area contributed by atoms with E-state index in [4.69, 9.17) is 0 Å². The van der Waals surface area contributed by atoms with Crippen molar-refractivity contribution in [3.63, 3.8) is 0 Å². The minimum absolute atomic E-state index is 0.636. The number of halogens is 3. The third kappa shape index (κ3) is 4.47. The lowest BCUT2D eigenvalue weighted by Crippen LogP contribution is -2.03. The first kappa shape index (κ1) is 18.5. The molecule has 0 radical (unpaired) electrons. The van der Waals surface area contributed by atoms with E-state index in [0.29, 0.717) is 15.6 Å². The Morgan fingerprint density at radius 1 is 0.846 bits per heavy atom. The molecule has 3 aromatic rings. The van der Waals surface area contributed by atoms with Gasteiger partial charge in [-0.05, 0) is 41.8 Å². The number of alkyl halides is 3. The first-order valence-corrected chi connectivity index (χ1v) is 9.21. The maximum Gasteiger partial charge on any atom is 0.416 e. The minimum Gasteiger partial charge on any atom is -0.252 e. The molecule has 0 N–H and O–H groups in total. The number of benzene rings is 2. The predicted octanol–water partition coefficient (Wildman–Crippen LogP) is 6.55. The van der Waals surface area contributed by atoms with Gasteiger partial charge < -0.3 is 0 Å². The van der Waals surface area contributed by atoms with Gasteiger partial charge in [0.05, 0.1) is 5.56 Å². The molecular weight excluding hydrogens is 377 g/mol. The summed E-state index contributed by atoms with van der Waals surface area (Å²) in [5.41, 5.74) is 0.907. The van der Waals surface area contributed by atoms with Gasteiger partial charge in [0.2, 0.25) is 0 Å². The quantitative estimate of drug-likeness (QED) is 0.461. The van der Waals surface area contributed by atoms with Gasteiger partial charge in [-0.2, -0.15) is 13.2 Å². The summed E-state index contributed by atoms with van der Waals surface area (Å²) < 4.78 is 38.0. The molecule has 0 saturated heterocycles. The average Bonchev–Trinajstić information content (AvgIpc) is 2.63. The van der Waals surface area contributed by atoms with Crippen molar-refractivity contribution in [2.24, 2.45) is 0 Å². The van der Waals surface area contributed by atoms with Gasteiger partial charge in [0, 0.05) is 27.7 Å². The molecule has 3 rings (SSSR count). The standard InChI is InChI=1S/C19H13F3N2S2/c1-2-25-15-7-3-13(4-8-15)17-18(24-12-11-23-17)26-16-9-5-14(6-10-16)19(20,21)22/h2-12H,1H2. The number of hydrogen-bond acceptors (Lipinski definition) is 4. The van der Waals surface area contributed by atoms with Crippen LogP contribution in [0.2, 0.25) is 0 Å². The summed E-state index contributed by atoms with van der Waals surface area (Å²) in [7, 11) is 0. The number of hydrogen-bond donors (Lipinski definition) is 0. The van der Waals surface area contributed by atoms with E-state index in [2.05, 4.69) is 16.5 Å². The van der Waals surface area contributed by atoms with Crippen LogP contribution in [0, 0.1) is 0 Å². The molecule has 0 fully saturated rings. The van der Waals surface area contributed by atoms with E-state index in [9.17, 15) is 13.2 Å². The van der Waals surface area contributed by atoms with Crippen molar-refractivity contribution in [2.75, 3.05) is 0 Å². The number of nitrogens with zero attached hydrogens (tertiary/aromatic N) is 2. The molecule has 1 heterocycles. The van der Waals surface area contributed by atoms with Crippen LogP contribution in [0.1, 0.15) is 5.56 Å². The fourth-order valence-corrected chi connectivity index (χ4v) is 3.57. The Labute approximate surface area is 157 Å². The molecule has 0 atom stereocenters. The first-order valence-electron chi connectivity index (χ1n) is 7.51. The highest BCUT2D eigenvalue weighted by atomic mass is 32.2. The van der Waals surface area contributed by atoms with E-state index in [1.165, 1.54) is 35.7 Å². The molecule has 0 aliphatic heterocycles. The largest absolute Gasteiger partial charge is 0.416 e. The van der Waals surface area contributed by atoms with Crippen LogP contribution in [0.5, 0.6) is 0 Å². The number of rotatable bonds is 5. The van der Waals surface area contributed by atoms with Crippen molar-refractivity contribution < 1.29 is 13.2 Å². The van der Waals surface area contributed by atoms with E-state index in [1.807, 2.05) is 24.3 Å². The third-order valence-electron chi connectivity index (χ3n) is 3.41. The Morgan fingerprint density at radius 3 is 2.08 bits per heavy atom. The Balaban J connectivity index is 1.86. The van der Waals surface area contributed by atoms with Crippen LogP contribution < -0.4 is 0 Å². The molecule has 0 aliphatic carbocycles. The zero-order chi connectivity index (χ0) is 18.6. The molecule has 2 nitrogen and oxygen atoms in total. The molecular formula is C19H13F3N2S2. The van der Waals surface area contributed by atoms with E-state index >= 15 is 0 Å².